The fourth-order valence-corrected chi connectivity index (χ4v) is 6.31. The second-order valence-corrected chi connectivity index (χ2v) is 11.3. The first-order valence-electron chi connectivity index (χ1n) is 14.1. The van der Waals surface area contributed by atoms with E-state index in [1.54, 1.807) is 24.7 Å². The zero-order valence-corrected chi connectivity index (χ0v) is 22.8. The first-order chi connectivity index (χ1) is 18.8. The van der Waals surface area contributed by atoms with Crippen molar-refractivity contribution in [1.82, 2.24) is 9.97 Å². The lowest BCUT2D eigenvalue weighted by molar-refractivity contribution is -0.0124. The van der Waals surface area contributed by atoms with Crippen LogP contribution in [-0.4, -0.2) is 53.8 Å². The molecule has 39 heavy (non-hydrogen) atoms. The van der Waals surface area contributed by atoms with Crippen molar-refractivity contribution >= 4 is 22.4 Å². The second kappa shape index (κ2) is 12.0. The molecule has 208 valence electrons. The predicted octanol–water partition coefficient (Wildman–Crippen LogP) is 5.77. The number of benzene rings is 1. The standard InChI is InChI=1S/C31H38F2N4O2/c1-3-10-39-30-7-9-37(18-28(30)33)23-15-26-27(32)5-4-25(31(26)36-17-23)29(38)14-21-16-35-8-6-24(21)20-11-19(2)12-22(34)13-20/h4-6,8,15-17,19-20,22,28,30H,3,7,9-14,18,34H2,1-2H3/t19-,20+,22-,28-,30-/m0/s1. The Morgan fingerprint density at radius 3 is 2.82 bits per heavy atom. The van der Waals surface area contributed by atoms with E-state index in [0.29, 0.717) is 42.3 Å². The van der Waals surface area contributed by atoms with E-state index in [1.165, 1.54) is 12.1 Å². The van der Waals surface area contributed by atoms with Crippen LogP contribution in [0.25, 0.3) is 10.9 Å². The lowest BCUT2D eigenvalue weighted by atomic mass is 9.75. The number of ether oxygens (including phenoxy) is 1. The van der Waals surface area contributed by atoms with Gasteiger partial charge in [0.05, 0.1) is 30.0 Å². The van der Waals surface area contributed by atoms with Crippen LogP contribution in [0.3, 0.4) is 0 Å². The van der Waals surface area contributed by atoms with E-state index in [1.807, 2.05) is 17.9 Å². The summed E-state index contributed by atoms with van der Waals surface area (Å²) >= 11 is 0. The Morgan fingerprint density at radius 2 is 2.05 bits per heavy atom. The molecule has 2 N–H and O–H groups in total. The van der Waals surface area contributed by atoms with Crippen LogP contribution in [-0.2, 0) is 11.2 Å². The van der Waals surface area contributed by atoms with Gasteiger partial charge in [-0.2, -0.15) is 0 Å². The van der Waals surface area contributed by atoms with Gasteiger partial charge in [0.1, 0.15) is 12.0 Å². The first-order valence-corrected chi connectivity index (χ1v) is 14.1. The number of piperidine rings is 1. The number of hydrogen-bond acceptors (Lipinski definition) is 6. The third-order valence-electron chi connectivity index (χ3n) is 8.18. The van der Waals surface area contributed by atoms with Crippen molar-refractivity contribution in [3.8, 4) is 0 Å². The maximum Gasteiger partial charge on any atom is 0.169 e. The van der Waals surface area contributed by atoms with Gasteiger partial charge >= 0.3 is 0 Å². The molecular formula is C31H38F2N4O2. The van der Waals surface area contributed by atoms with E-state index in [-0.39, 0.29) is 36.1 Å². The molecule has 1 aliphatic carbocycles. The number of nitrogens with two attached hydrogens (primary N) is 1. The van der Waals surface area contributed by atoms with Crippen molar-refractivity contribution in [3.05, 3.63) is 65.4 Å². The fraction of sp³-hybridized carbons (Fsp3) is 0.516. The Morgan fingerprint density at radius 1 is 1.21 bits per heavy atom. The number of Topliss-reactive ketones (excluding diaryl/α,β-unsaturated/α-hetero) is 1. The molecule has 1 saturated carbocycles. The molecule has 1 aromatic carbocycles. The first kappa shape index (κ1) is 27.6. The van der Waals surface area contributed by atoms with Gasteiger partial charge in [0.2, 0.25) is 0 Å². The molecule has 0 bridgehead atoms. The van der Waals surface area contributed by atoms with Gasteiger partial charge in [-0.15, -0.1) is 0 Å². The maximum atomic E-state index is 15.0. The molecule has 0 spiro atoms. The normalized spacial score (nSPS) is 25.7. The number of halogens is 2. The van der Waals surface area contributed by atoms with Crippen LogP contribution in [0.15, 0.2) is 42.9 Å². The maximum absolute atomic E-state index is 15.0. The van der Waals surface area contributed by atoms with E-state index >= 15 is 0 Å². The molecule has 0 unspecified atom stereocenters. The van der Waals surface area contributed by atoms with Crippen molar-refractivity contribution in [2.75, 3.05) is 24.6 Å². The predicted molar refractivity (Wildman–Crippen MR) is 149 cm³/mol. The van der Waals surface area contributed by atoms with Gasteiger partial charge in [-0.3, -0.25) is 14.8 Å². The molecule has 5 rings (SSSR count). The number of rotatable bonds is 8. The Balaban J connectivity index is 1.37. The third-order valence-corrected chi connectivity index (χ3v) is 8.18. The zero-order chi connectivity index (χ0) is 27.5. The largest absolute Gasteiger partial charge is 0.375 e. The van der Waals surface area contributed by atoms with Gasteiger partial charge < -0.3 is 15.4 Å². The monoisotopic (exact) mass is 536 g/mol. The van der Waals surface area contributed by atoms with Gasteiger partial charge in [0.15, 0.2) is 5.78 Å². The summed E-state index contributed by atoms with van der Waals surface area (Å²) in [6.45, 7) is 5.52. The Bertz CT molecular complexity index is 1310. The van der Waals surface area contributed by atoms with Crippen LogP contribution < -0.4 is 10.6 Å². The van der Waals surface area contributed by atoms with E-state index in [9.17, 15) is 13.6 Å². The number of pyridine rings is 2. The van der Waals surface area contributed by atoms with Gasteiger partial charge in [0.25, 0.3) is 0 Å². The minimum atomic E-state index is -1.13. The second-order valence-electron chi connectivity index (χ2n) is 11.3. The van der Waals surface area contributed by atoms with E-state index in [0.717, 1.165) is 36.8 Å². The van der Waals surface area contributed by atoms with Crippen molar-refractivity contribution in [2.45, 2.75) is 76.6 Å². The van der Waals surface area contributed by atoms with E-state index in [4.69, 9.17) is 10.5 Å². The molecule has 2 fully saturated rings. The lowest BCUT2D eigenvalue weighted by Crippen LogP contribution is -2.46. The van der Waals surface area contributed by atoms with Crippen LogP contribution >= 0.6 is 0 Å². The average molecular weight is 537 g/mol. The molecule has 5 atom stereocenters. The van der Waals surface area contributed by atoms with Crippen molar-refractivity contribution in [2.24, 2.45) is 11.7 Å². The van der Waals surface area contributed by atoms with Gasteiger partial charge in [0, 0.05) is 49.0 Å². The van der Waals surface area contributed by atoms with Crippen molar-refractivity contribution in [1.29, 1.82) is 0 Å². The summed E-state index contributed by atoms with van der Waals surface area (Å²) in [6.07, 6.45) is 8.08. The summed E-state index contributed by atoms with van der Waals surface area (Å²) in [5, 5.41) is 0.261. The number of fused-ring (bicyclic) bond motifs is 1. The van der Waals surface area contributed by atoms with Crippen LogP contribution in [0.1, 0.15) is 73.4 Å². The van der Waals surface area contributed by atoms with Crippen molar-refractivity contribution in [3.63, 3.8) is 0 Å². The fourth-order valence-electron chi connectivity index (χ4n) is 6.31. The average Bonchev–Trinajstić information content (AvgIpc) is 2.92. The molecule has 1 saturated heterocycles. The van der Waals surface area contributed by atoms with Gasteiger partial charge in [-0.25, -0.2) is 8.78 Å². The summed E-state index contributed by atoms with van der Waals surface area (Å²) in [5.41, 5.74) is 9.64. The topological polar surface area (TPSA) is 81.3 Å². The molecule has 2 aromatic heterocycles. The summed E-state index contributed by atoms with van der Waals surface area (Å²) in [7, 11) is 0. The molecule has 8 heteroatoms. The number of hydrogen-bond donors (Lipinski definition) is 1. The van der Waals surface area contributed by atoms with Crippen LogP contribution in [0, 0.1) is 11.7 Å². The molecule has 3 heterocycles. The summed E-state index contributed by atoms with van der Waals surface area (Å²) < 4.78 is 35.4. The van der Waals surface area contributed by atoms with Gasteiger partial charge in [-0.05, 0) is 79.3 Å². The Hall–Kier alpha value is -2.97. The summed E-state index contributed by atoms with van der Waals surface area (Å²) in [4.78, 5) is 24.2. The highest BCUT2D eigenvalue weighted by Crippen LogP contribution is 2.37. The summed E-state index contributed by atoms with van der Waals surface area (Å²) in [5.74, 6) is 0.217. The van der Waals surface area contributed by atoms with Gasteiger partial charge in [-0.1, -0.05) is 13.8 Å². The molecule has 0 radical (unpaired) electrons. The number of anilines is 1. The Labute approximate surface area is 229 Å². The molecule has 6 nitrogen and oxygen atoms in total. The van der Waals surface area contributed by atoms with E-state index in [2.05, 4.69) is 16.9 Å². The van der Waals surface area contributed by atoms with Crippen molar-refractivity contribution < 1.29 is 18.3 Å². The SMILES string of the molecule is CCCO[C@H]1CCN(c2cnc3c(C(=O)Cc4cnccc4[C@@H]4C[C@H](C)C[C@H](N)C4)ccc(F)c3c2)C[C@@H]1F. The molecule has 2 aliphatic rings. The van der Waals surface area contributed by atoms with Crippen LogP contribution in [0.5, 0.6) is 0 Å². The minimum absolute atomic E-state index is 0.139. The molecule has 3 aromatic rings. The number of aromatic nitrogens is 2. The smallest absolute Gasteiger partial charge is 0.169 e. The quantitative estimate of drug-likeness (QED) is 0.368. The van der Waals surface area contributed by atoms with Crippen LogP contribution in [0.2, 0.25) is 0 Å². The molecule has 0 amide bonds. The lowest BCUT2D eigenvalue weighted by Gasteiger charge is -2.35. The number of ketones is 1. The van der Waals surface area contributed by atoms with E-state index < -0.39 is 18.1 Å². The number of nitrogens with zero attached hydrogens (tertiary/aromatic N) is 3. The number of carbonyl (C=O) groups excluding carboxylic acids is 1. The van der Waals surface area contributed by atoms with Crippen LogP contribution in [0.4, 0.5) is 14.5 Å². The highest BCUT2D eigenvalue weighted by Gasteiger charge is 2.31. The molecular weight excluding hydrogens is 498 g/mol. The third kappa shape index (κ3) is 6.12. The molecule has 1 aliphatic heterocycles. The zero-order valence-electron chi connectivity index (χ0n) is 22.8. The minimum Gasteiger partial charge on any atom is -0.375 e. The number of carbonyl (C=O) groups is 1. The highest BCUT2D eigenvalue weighted by molar-refractivity contribution is 6.08. The Kier molecular flexibility index (Phi) is 8.52. The summed E-state index contributed by atoms with van der Waals surface area (Å²) in [6, 6.07) is 6.65. The number of alkyl halides is 1. The highest BCUT2D eigenvalue weighted by atomic mass is 19.1.